The summed E-state index contributed by atoms with van der Waals surface area (Å²) >= 11 is 0. The molecule has 10 nitrogen and oxygen atoms in total. The van der Waals surface area contributed by atoms with Gasteiger partial charge in [0.25, 0.3) is 5.91 Å². The fourth-order valence-corrected chi connectivity index (χ4v) is 3.90. The van der Waals surface area contributed by atoms with Gasteiger partial charge in [-0.2, -0.15) is 5.10 Å². The van der Waals surface area contributed by atoms with Gasteiger partial charge in [-0.15, -0.1) is 0 Å². The molecule has 11 heteroatoms. The zero-order chi connectivity index (χ0) is 25.0. The molecule has 1 amide bonds. The van der Waals surface area contributed by atoms with E-state index in [-0.39, 0.29) is 16.3 Å². The Kier molecular flexibility index (Phi) is 7.38. The highest BCUT2D eigenvalue weighted by Crippen LogP contribution is 2.23. The molecule has 1 aromatic heterocycles. The lowest BCUT2D eigenvalue weighted by Gasteiger charge is -2.16. The minimum absolute atomic E-state index is 0.0271. The number of amides is 1. The van der Waals surface area contributed by atoms with Crippen molar-refractivity contribution in [2.45, 2.75) is 24.8 Å². The van der Waals surface area contributed by atoms with Crippen LogP contribution in [0, 0.1) is 6.92 Å². The molecular formula is C23H26N4O6S. The fraction of sp³-hybridized carbons (Fsp3) is 0.261. The second kappa shape index (κ2) is 10.1. The van der Waals surface area contributed by atoms with E-state index in [0.717, 1.165) is 4.31 Å². The molecule has 0 radical (unpaired) electrons. The number of esters is 1. The van der Waals surface area contributed by atoms with Gasteiger partial charge in [-0.25, -0.2) is 22.2 Å². The molecule has 0 saturated carbocycles. The summed E-state index contributed by atoms with van der Waals surface area (Å²) in [4.78, 5) is 25.5. The Morgan fingerprint density at radius 3 is 2.41 bits per heavy atom. The van der Waals surface area contributed by atoms with E-state index in [4.69, 9.17) is 9.47 Å². The molecule has 1 heterocycles. The van der Waals surface area contributed by atoms with Gasteiger partial charge in [-0.1, -0.05) is 24.3 Å². The Hall–Kier alpha value is -3.70. The highest BCUT2D eigenvalue weighted by molar-refractivity contribution is 7.89. The van der Waals surface area contributed by atoms with Gasteiger partial charge in [0, 0.05) is 19.8 Å². The first-order chi connectivity index (χ1) is 16.0. The average molecular weight is 487 g/mol. The third kappa shape index (κ3) is 5.26. The van der Waals surface area contributed by atoms with E-state index in [1.54, 1.807) is 13.0 Å². The number of aryl methyl sites for hydroxylation is 1. The van der Waals surface area contributed by atoms with E-state index < -0.39 is 28.0 Å². The number of anilines is 1. The van der Waals surface area contributed by atoms with Crippen molar-refractivity contribution >= 4 is 27.6 Å². The van der Waals surface area contributed by atoms with Crippen molar-refractivity contribution in [2.24, 2.45) is 0 Å². The van der Waals surface area contributed by atoms with Crippen LogP contribution >= 0.6 is 0 Å². The molecule has 34 heavy (non-hydrogen) atoms. The highest BCUT2D eigenvalue weighted by atomic mass is 32.2. The summed E-state index contributed by atoms with van der Waals surface area (Å²) in [5.41, 5.74) is 1.57. The second-order valence-corrected chi connectivity index (χ2v) is 9.78. The molecule has 0 bridgehead atoms. The molecule has 3 rings (SSSR count). The lowest BCUT2D eigenvalue weighted by molar-refractivity contribution is -0.123. The normalized spacial score (nSPS) is 12.3. The van der Waals surface area contributed by atoms with Crippen LogP contribution < -0.4 is 10.1 Å². The number of sulfonamides is 1. The summed E-state index contributed by atoms with van der Waals surface area (Å²) in [6.07, 6.45) is 0.351. The van der Waals surface area contributed by atoms with Crippen LogP contribution in [0.1, 0.15) is 23.0 Å². The van der Waals surface area contributed by atoms with E-state index in [9.17, 15) is 18.0 Å². The van der Waals surface area contributed by atoms with Crippen LogP contribution in [0.3, 0.4) is 0 Å². The van der Waals surface area contributed by atoms with Crippen molar-refractivity contribution in [1.82, 2.24) is 14.1 Å². The monoisotopic (exact) mass is 486 g/mol. The maximum Gasteiger partial charge on any atom is 0.363 e. The molecule has 0 saturated heterocycles. The van der Waals surface area contributed by atoms with Crippen LogP contribution in [-0.2, 0) is 19.6 Å². The molecule has 3 aromatic rings. The van der Waals surface area contributed by atoms with Gasteiger partial charge in [0.15, 0.2) is 11.9 Å². The maximum atomic E-state index is 12.7. The Morgan fingerprint density at radius 1 is 1.12 bits per heavy atom. The summed E-state index contributed by atoms with van der Waals surface area (Å²) in [5, 5.41) is 6.85. The zero-order valence-corrected chi connectivity index (χ0v) is 20.3. The minimum atomic E-state index is -3.68. The van der Waals surface area contributed by atoms with E-state index in [0.29, 0.717) is 16.9 Å². The van der Waals surface area contributed by atoms with Crippen molar-refractivity contribution in [2.75, 3.05) is 26.5 Å². The fourth-order valence-electron chi connectivity index (χ4n) is 2.97. The molecule has 0 aliphatic rings. The molecule has 0 aliphatic carbocycles. The number of aromatic nitrogens is 2. The molecule has 0 spiro atoms. The number of rotatable bonds is 8. The van der Waals surface area contributed by atoms with Gasteiger partial charge in [-0.05, 0) is 43.7 Å². The molecule has 0 aliphatic heterocycles. The predicted molar refractivity (Wildman–Crippen MR) is 126 cm³/mol. The first kappa shape index (κ1) is 24.9. The molecule has 1 atom stereocenters. The number of nitrogens with zero attached hydrogens (tertiary/aromatic N) is 3. The van der Waals surface area contributed by atoms with Crippen LogP contribution in [-0.4, -0.2) is 61.7 Å². The zero-order valence-electron chi connectivity index (χ0n) is 19.5. The van der Waals surface area contributed by atoms with Crippen molar-refractivity contribution in [1.29, 1.82) is 0 Å². The summed E-state index contributed by atoms with van der Waals surface area (Å²) in [5.74, 6) is -1.27. The predicted octanol–water partition coefficient (Wildman–Crippen LogP) is 2.62. The van der Waals surface area contributed by atoms with Crippen molar-refractivity contribution in [3.05, 3.63) is 66.0 Å². The number of carbonyl (C=O) groups excluding carboxylic acids is 2. The number of para-hydroxylation sites is 1. The van der Waals surface area contributed by atoms with E-state index in [1.165, 1.54) is 51.1 Å². The molecular weight excluding hydrogens is 460 g/mol. The molecule has 1 N–H and O–H groups in total. The number of carbonyl (C=O) groups is 2. The van der Waals surface area contributed by atoms with Crippen molar-refractivity contribution in [3.8, 4) is 11.4 Å². The third-order valence-electron chi connectivity index (χ3n) is 5.01. The first-order valence-corrected chi connectivity index (χ1v) is 11.7. The van der Waals surface area contributed by atoms with Crippen molar-refractivity contribution in [3.63, 3.8) is 0 Å². The molecule has 1 unspecified atom stereocenters. The maximum absolute atomic E-state index is 12.7. The molecule has 2 aromatic carbocycles. The first-order valence-electron chi connectivity index (χ1n) is 10.3. The number of hydrogen-bond donors (Lipinski definition) is 1. The largest absolute Gasteiger partial charge is 0.493 e. The summed E-state index contributed by atoms with van der Waals surface area (Å²) in [7, 11) is 0.554. The van der Waals surface area contributed by atoms with Gasteiger partial charge in [0.1, 0.15) is 0 Å². The number of ether oxygens (including phenoxy) is 2. The highest BCUT2D eigenvalue weighted by Gasteiger charge is 2.26. The summed E-state index contributed by atoms with van der Waals surface area (Å²) in [6.45, 7) is 3.13. The lowest BCUT2D eigenvalue weighted by Crippen LogP contribution is -2.30. The Balaban J connectivity index is 1.76. The van der Waals surface area contributed by atoms with Gasteiger partial charge in [-0.3, -0.25) is 4.79 Å². The Labute approximate surface area is 198 Å². The number of methoxy groups -OCH3 is 1. The lowest BCUT2D eigenvalue weighted by atomic mass is 10.2. The molecule has 180 valence electrons. The quantitative estimate of drug-likeness (QED) is 0.486. The second-order valence-electron chi connectivity index (χ2n) is 7.63. The van der Waals surface area contributed by atoms with Crippen LogP contribution in [0.2, 0.25) is 0 Å². The number of hydrogen-bond acceptors (Lipinski definition) is 7. The topological polar surface area (TPSA) is 120 Å². The summed E-state index contributed by atoms with van der Waals surface area (Å²) in [6, 6.07) is 13.5. The SMILES string of the molecule is COc1cn(-c2ccccc2)nc1C(=O)OC(C)C(=O)Nc1cc(S(=O)(=O)N(C)C)ccc1C. The number of benzene rings is 2. The third-order valence-corrected chi connectivity index (χ3v) is 6.82. The van der Waals surface area contributed by atoms with Gasteiger partial charge in [0.2, 0.25) is 15.7 Å². The van der Waals surface area contributed by atoms with Gasteiger partial charge in [0.05, 0.1) is 23.9 Å². The standard InChI is InChI=1S/C23H26N4O6S/c1-15-11-12-18(34(30,31)26(3)4)13-19(15)24-22(28)16(2)33-23(29)21-20(32-5)14-27(25-21)17-9-7-6-8-10-17/h6-14,16H,1-5H3,(H,24,28). The van der Waals surface area contributed by atoms with E-state index >= 15 is 0 Å². The number of nitrogens with one attached hydrogen (secondary N) is 1. The van der Waals surface area contributed by atoms with Gasteiger partial charge >= 0.3 is 5.97 Å². The van der Waals surface area contributed by atoms with Crippen LogP contribution in [0.5, 0.6) is 5.75 Å². The summed E-state index contributed by atoms with van der Waals surface area (Å²) < 4.78 is 37.9. The Morgan fingerprint density at radius 2 is 1.79 bits per heavy atom. The van der Waals surface area contributed by atoms with Crippen molar-refractivity contribution < 1.29 is 27.5 Å². The smallest absolute Gasteiger partial charge is 0.363 e. The minimum Gasteiger partial charge on any atom is -0.493 e. The van der Waals surface area contributed by atoms with E-state index in [1.807, 2.05) is 30.3 Å². The van der Waals surface area contributed by atoms with Crippen LogP contribution in [0.4, 0.5) is 5.69 Å². The molecule has 0 fully saturated rings. The van der Waals surface area contributed by atoms with Gasteiger partial charge < -0.3 is 14.8 Å². The average Bonchev–Trinajstić information content (AvgIpc) is 3.25. The van der Waals surface area contributed by atoms with Crippen LogP contribution in [0.15, 0.2) is 59.6 Å². The van der Waals surface area contributed by atoms with E-state index in [2.05, 4.69) is 10.4 Å². The Bertz CT molecular complexity index is 1300. The van der Waals surface area contributed by atoms with Crippen LogP contribution in [0.25, 0.3) is 5.69 Å².